The zero-order valence-electron chi connectivity index (χ0n) is 52.1. The molecule has 0 unspecified atom stereocenters. The normalized spacial score (nSPS) is 11.5. The summed E-state index contributed by atoms with van der Waals surface area (Å²) in [7, 11) is 0. The summed E-state index contributed by atoms with van der Waals surface area (Å²) >= 11 is 5.64. The first-order valence-corrected chi connectivity index (χ1v) is 35.0. The first-order chi connectivity index (χ1) is 47.6. The summed E-state index contributed by atoms with van der Waals surface area (Å²) < 4.78 is 10.3. The van der Waals surface area contributed by atoms with Gasteiger partial charge in [0.25, 0.3) is 0 Å². The van der Waals surface area contributed by atoms with Crippen LogP contribution >= 0.6 is 34.0 Å². The Balaban J connectivity index is 0.000000141. The van der Waals surface area contributed by atoms with Gasteiger partial charge in [-0.05, 0) is 161 Å². The summed E-state index contributed by atoms with van der Waals surface area (Å²) in [5.41, 5.74) is 20.2. The zero-order chi connectivity index (χ0) is 63.5. The lowest BCUT2D eigenvalue weighted by atomic mass is 9.99. The summed E-state index contributed by atoms with van der Waals surface area (Å²) in [5.74, 6) is 0. The zero-order valence-corrected chi connectivity index (χ0v) is 54.6. The molecule has 4 aromatic heterocycles. The van der Waals surface area contributed by atoms with Crippen LogP contribution in [-0.2, 0) is 0 Å². The highest BCUT2D eigenvalue weighted by Crippen LogP contribution is 2.49. The molecule has 0 saturated heterocycles. The van der Waals surface area contributed by atoms with Gasteiger partial charge in [0, 0.05) is 122 Å². The highest BCUT2D eigenvalue weighted by molar-refractivity contribution is 7.27. The van der Waals surface area contributed by atoms with Crippen molar-refractivity contribution in [1.29, 1.82) is 0 Å². The van der Waals surface area contributed by atoms with Crippen molar-refractivity contribution in [3.8, 4) is 50.2 Å². The Bertz CT molecular complexity index is 6000. The third-order valence-electron chi connectivity index (χ3n) is 18.6. The van der Waals surface area contributed by atoms with Crippen molar-refractivity contribution >= 4 is 150 Å². The number of benzene rings is 15. The number of rotatable bonds is 11. The van der Waals surface area contributed by atoms with Crippen LogP contribution < -0.4 is 9.80 Å². The molecule has 0 atom stereocenters. The maximum Gasteiger partial charge on any atom is 0.0541 e. The van der Waals surface area contributed by atoms with Crippen LogP contribution in [0.2, 0.25) is 0 Å². The average molecular weight is 1280 g/mol. The maximum atomic E-state index is 2.40. The maximum absolute atomic E-state index is 2.40. The van der Waals surface area contributed by atoms with Crippen molar-refractivity contribution < 1.29 is 0 Å². The Hall–Kier alpha value is -11.6. The highest BCUT2D eigenvalue weighted by Gasteiger charge is 2.22. The van der Waals surface area contributed by atoms with E-state index in [1.807, 2.05) is 34.0 Å². The molecular weight excluding hydrogens is 1220 g/mol. The lowest BCUT2D eigenvalue weighted by Crippen LogP contribution is -2.10. The summed E-state index contributed by atoms with van der Waals surface area (Å²) in [6.45, 7) is 0. The quantitative estimate of drug-likeness (QED) is 0.128. The molecule has 4 heterocycles. The number of fused-ring (bicyclic) bond motifs is 12. The van der Waals surface area contributed by atoms with Gasteiger partial charge in [0.15, 0.2) is 0 Å². The van der Waals surface area contributed by atoms with Crippen molar-refractivity contribution in [2.45, 2.75) is 0 Å². The number of thiophene rings is 3. The van der Waals surface area contributed by atoms with E-state index < -0.39 is 0 Å². The lowest BCUT2D eigenvalue weighted by Gasteiger charge is -2.26. The van der Waals surface area contributed by atoms with E-state index in [0.29, 0.717) is 0 Å². The molecule has 0 spiro atoms. The number of anilines is 6. The number of aromatic nitrogens is 1. The van der Waals surface area contributed by atoms with Gasteiger partial charge in [-0.25, -0.2) is 0 Å². The van der Waals surface area contributed by atoms with E-state index in [0.717, 1.165) is 39.8 Å². The van der Waals surface area contributed by atoms with Gasteiger partial charge in [-0.1, -0.05) is 231 Å². The van der Waals surface area contributed by atoms with E-state index in [9.17, 15) is 0 Å². The molecule has 0 bridgehead atoms. The third kappa shape index (κ3) is 10.3. The Labute approximate surface area is 568 Å². The Morgan fingerprint density at radius 3 is 1.00 bits per heavy atom. The first kappa shape index (κ1) is 57.1. The fourth-order valence-corrected chi connectivity index (χ4v) is 17.6. The number of nitrogens with zero attached hydrogens (tertiary/aromatic N) is 3. The van der Waals surface area contributed by atoms with E-state index >= 15 is 0 Å². The standard InChI is InChI=1S/C48H32N2S.C42H27NS2/c1-3-13-33(14-4-1)34-23-27-37(28-24-34)49(36-15-5-2-6-16-36)39-31-43(48-44(32-39)42-19-9-12-22-47(42)51-48)35-25-29-38(30-26-35)50-45-20-10-7-17-40(45)41-18-8-11-21-46(41)50;1-3-11-28(12-4-1)29-19-22-32(23-20-29)43(31-13-5-2-6-14-31)33-26-36(42-38(27-33)35-16-8-10-18-40(35)45-42)30-21-24-41-37(25-30)34-15-7-9-17-39(34)44-41/h1-32H;1-27H. The van der Waals surface area contributed by atoms with Crippen molar-refractivity contribution in [2.24, 2.45) is 0 Å². The minimum atomic E-state index is 1.12. The van der Waals surface area contributed by atoms with Crippen molar-refractivity contribution in [1.82, 2.24) is 4.57 Å². The smallest absolute Gasteiger partial charge is 0.0541 e. The van der Waals surface area contributed by atoms with Gasteiger partial charge < -0.3 is 14.4 Å². The second kappa shape index (κ2) is 24.4. The third-order valence-corrected chi connectivity index (χ3v) is 22.2. The van der Waals surface area contributed by atoms with Crippen LogP contribution in [0.4, 0.5) is 34.1 Å². The predicted molar refractivity (Wildman–Crippen MR) is 417 cm³/mol. The molecule has 0 saturated carbocycles. The van der Waals surface area contributed by atoms with Crippen LogP contribution in [0, 0.1) is 0 Å². The topological polar surface area (TPSA) is 11.4 Å². The Morgan fingerprint density at radius 1 is 0.198 bits per heavy atom. The van der Waals surface area contributed by atoms with Crippen molar-refractivity contribution in [3.63, 3.8) is 0 Å². The molecule has 0 aliphatic heterocycles. The Morgan fingerprint density at radius 2 is 0.531 bits per heavy atom. The molecule has 0 N–H and O–H groups in total. The second-order valence-corrected chi connectivity index (χ2v) is 27.5. The number of para-hydroxylation sites is 4. The molecular formula is C90H59N3S3. The average Bonchev–Trinajstić information content (AvgIpc) is 1.57. The number of hydrogen-bond donors (Lipinski definition) is 0. The van der Waals surface area contributed by atoms with E-state index in [-0.39, 0.29) is 0 Å². The molecule has 6 heteroatoms. The van der Waals surface area contributed by atoms with Gasteiger partial charge in [0.1, 0.15) is 0 Å². The van der Waals surface area contributed by atoms with Gasteiger partial charge in [-0.15, -0.1) is 34.0 Å². The van der Waals surface area contributed by atoms with Crippen LogP contribution in [0.15, 0.2) is 358 Å². The fourth-order valence-electron chi connectivity index (χ4n) is 14.1. The highest BCUT2D eigenvalue weighted by atomic mass is 32.1. The molecule has 0 aliphatic rings. The molecule has 0 fully saturated rings. The van der Waals surface area contributed by atoms with Crippen LogP contribution in [0.3, 0.4) is 0 Å². The largest absolute Gasteiger partial charge is 0.310 e. The van der Waals surface area contributed by atoms with Gasteiger partial charge in [0.05, 0.1) is 11.0 Å². The summed E-state index contributed by atoms with van der Waals surface area (Å²) in [5, 5.41) is 10.3. The molecule has 19 aromatic rings. The SMILES string of the molecule is c1ccc(-c2ccc(N(c3ccccc3)c3cc(-c4ccc(-n5c6ccccc6c6ccccc65)cc4)c4sc5ccccc5c4c3)cc2)cc1.c1ccc(-c2ccc(N(c3ccccc3)c3cc(-c4ccc5sc6ccccc6c5c4)c4sc5ccccc5c4c3)cc2)cc1. The predicted octanol–water partition coefficient (Wildman–Crippen LogP) is 27.2. The fraction of sp³-hybridized carbons (Fsp3) is 0. The molecule has 452 valence electrons. The van der Waals surface area contributed by atoms with Crippen LogP contribution in [0.5, 0.6) is 0 Å². The van der Waals surface area contributed by atoms with E-state index in [2.05, 4.69) is 372 Å². The van der Waals surface area contributed by atoms with Gasteiger partial charge in [0.2, 0.25) is 0 Å². The summed E-state index contributed by atoms with van der Waals surface area (Å²) in [6, 6.07) is 130. The molecule has 0 aliphatic carbocycles. The number of hydrogen-bond acceptors (Lipinski definition) is 5. The molecule has 0 radical (unpaired) electrons. The van der Waals surface area contributed by atoms with Crippen molar-refractivity contribution in [2.75, 3.05) is 9.80 Å². The minimum absolute atomic E-state index is 1.12. The van der Waals surface area contributed by atoms with E-state index in [1.54, 1.807) is 0 Å². The van der Waals surface area contributed by atoms with Gasteiger partial charge in [-0.2, -0.15) is 0 Å². The lowest BCUT2D eigenvalue weighted by molar-refractivity contribution is 1.18. The van der Waals surface area contributed by atoms with Crippen LogP contribution in [-0.4, -0.2) is 4.57 Å². The van der Waals surface area contributed by atoms with E-state index in [4.69, 9.17) is 0 Å². The summed E-state index contributed by atoms with van der Waals surface area (Å²) in [6.07, 6.45) is 0. The molecule has 3 nitrogen and oxygen atoms in total. The summed E-state index contributed by atoms with van der Waals surface area (Å²) in [4.78, 5) is 4.78. The van der Waals surface area contributed by atoms with Gasteiger partial charge >= 0.3 is 0 Å². The Kier molecular flexibility index (Phi) is 14.5. The molecule has 15 aromatic carbocycles. The molecule has 0 amide bonds. The first-order valence-electron chi connectivity index (χ1n) is 32.5. The molecule has 19 rings (SSSR count). The monoisotopic (exact) mass is 1280 g/mol. The molecule has 96 heavy (non-hydrogen) atoms. The van der Waals surface area contributed by atoms with Gasteiger partial charge in [-0.3, -0.25) is 0 Å². The van der Waals surface area contributed by atoms with E-state index in [1.165, 1.54) is 127 Å². The second-order valence-electron chi connectivity index (χ2n) is 24.3. The van der Waals surface area contributed by atoms with Crippen molar-refractivity contribution in [3.05, 3.63) is 358 Å². The van der Waals surface area contributed by atoms with Crippen LogP contribution in [0.1, 0.15) is 0 Å². The van der Waals surface area contributed by atoms with Crippen LogP contribution in [0.25, 0.3) is 133 Å². The minimum Gasteiger partial charge on any atom is -0.310 e.